The first kappa shape index (κ1) is 15.5. The molecule has 106 valence electrons. The van der Waals surface area contributed by atoms with Crippen molar-refractivity contribution in [3.63, 3.8) is 0 Å². The first-order chi connectivity index (χ1) is 8.86. The predicted octanol–water partition coefficient (Wildman–Crippen LogP) is 2.00. The molecule has 0 radical (unpaired) electrons. The van der Waals surface area contributed by atoms with Crippen LogP contribution >= 0.6 is 0 Å². The second kappa shape index (κ2) is 6.56. The van der Waals surface area contributed by atoms with E-state index in [9.17, 15) is 13.2 Å². The van der Waals surface area contributed by atoms with Gasteiger partial charge in [0.2, 0.25) is 0 Å². The van der Waals surface area contributed by atoms with Crippen LogP contribution in [-0.2, 0) is 14.6 Å². The molecule has 0 amide bonds. The lowest BCUT2D eigenvalue weighted by molar-refractivity contribution is -0.141. The maximum absolute atomic E-state index is 11.6. The Balaban J connectivity index is 2.86. The van der Waals surface area contributed by atoms with Crippen LogP contribution < -0.4 is 5.32 Å². The van der Waals surface area contributed by atoms with Crippen LogP contribution in [0.1, 0.15) is 19.8 Å². The van der Waals surface area contributed by atoms with Crippen LogP contribution in [-0.4, -0.2) is 32.3 Å². The average molecular weight is 285 g/mol. The molecule has 19 heavy (non-hydrogen) atoms. The van der Waals surface area contributed by atoms with Crippen molar-refractivity contribution in [2.75, 3.05) is 18.1 Å². The molecule has 0 bridgehead atoms. The summed E-state index contributed by atoms with van der Waals surface area (Å²) >= 11 is 0. The SMILES string of the molecule is CCCC(CNc1ccccc1S(C)(=O)=O)C(=O)O. The monoisotopic (exact) mass is 285 g/mol. The van der Waals surface area contributed by atoms with Crippen LogP contribution in [0.3, 0.4) is 0 Å². The lowest BCUT2D eigenvalue weighted by Crippen LogP contribution is -2.23. The van der Waals surface area contributed by atoms with Gasteiger partial charge in [-0.3, -0.25) is 4.79 Å². The van der Waals surface area contributed by atoms with Gasteiger partial charge in [-0.25, -0.2) is 8.42 Å². The highest BCUT2D eigenvalue weighted by Crippen LogP contribution is 2.21. The van der Waals surface area contributed by atoms with Crippen molar-refractivity contribution in [1.82, 2.24) is 0 Å². The smallest absolute Gasteiger partial charge is 0.308 e. The zero-order valence-electron chi connectivity index (χ0n) is 11.1. The quantitative estimate of drug-likeness (QED) is 0.800. The maximum Gasteiger partial charge on any atom is 0.308 e. The van der Waals surface area contributed by atoms with E-state index in [0.29, 0.717) is 12.1 Å². The third-order valence-corrected chi connectivity index (χ3v) is 3.97. The van der Waals surface area contributed by atoms with E-state index >= 15 is 0 Å². The molecule has 1 aromatic carbocycles. The Bertz CT molecular complexity index is 539. The van der Waals surface area contributed by atoms with Crippen molar-refractivity contribution in [2.24, 2.45) is 5.92 Å². The van der Waals surface area contributed by atoms with E-state index in [2.05, 4.69) is 5.32 Å². The lowest BCUT2D eigenvalue weighted by atomic mass is 10.0. The summed E-state index contributed by atoms with van der Waals surface area (Å²) in [6.07, 6.45) is 2.46. The molecular formula is C13H19NO4S. The standard InChI is InChI=1S/C13H19NO4S/c1-3-6-10(13(15)16)9-14-11-7-4-5-8-12(11)19(2,17)18/h4-5,7-8,10,14H,3,6,9H2,1-2H3,(H,15,16). The molecule has 0 heterocycles. The van der Waals surface area contributed by atoms with Gasteiger partial charge < -0.3 is 10.4 Å². The highest BCUT2D eigenvalue weighted by Gasteiger charge is 2.18. The van der Waals surface area contributed by atoms with Crippen LogP contribution in [0.4, 0.5) is 5.69 Å². The van der Waals surface area contributed by atoms with E-state index in [0.717, 1.165) is 12.7 Å². The largest absolute Gasteiger partial charge is 0.481 e. The average Bonchev–Trinajstić information content (AvgIpc) is 2.33. The molecule has 1 aromatic rings. The Morgan fingerprint density at radius 1 is 1.37 bits per heavy atom. The number of hydrogen-bond acceptors (Lipinski definition) is 4. The molecule has 0 saturated carbocycles. The fraction of sp³-hybridized carbons (Fsp3) is 0.462. The highest BCUT2D eigenvalue weighted by molar-refractivity contribution is 7.90. The van der Waals surface area contributed by atoms with Crippen LogP contribution in [0.15, 0.2) is 29.2 Å². The summed E-state index contributed by atoms with van der Waals surface area (Å²) < 4.78 is 23.2. The van der Waals surface area contributed by atoms with Gasteiger partial charge in [0.1, 0.15) is 0 Å². The number of carbonyl (C=O) groups is 1. The topological polar surface area (TPSA) is 83.5 Å². The van der Waals surface area contributed by atoms with Gasteiger partial charge >= 0.3 is 5.97 Å². The fourth-order valence-corrected chi connectivity index (χ4v) is 2.70. The molecule has 0 spiro atoms. The maximum atomic E-state index is 11.6. The second-order valence-electron chi connectivity index (χ2n) is 4.47. The van der Waals surface area contributed by atoms with Gasteiger partial charge in [-0.05, 0) is 18.6 Å². The van der Waals surface area contributed by atoms with Gasteiger partial charge in [0, 0.05) is 12.8 Å². The molecule has 0 saturated heterocycles. The second-order valence-corrected chi connectivity index (χ2v) is 6.46. The third-order valence-electron chi connectivity index (χ3n) is 2.81. The van der Waals surface area contributed by atoms with Crippen molar-refractivity contribution >= 4 is 21.5 Å². The Labute approximate surface area is 113 Å². The lowest BCUT2D eigenvalue weighted by Gasteiger charge is -2.15. The zero-order valence-corrected chi connectivity index (χ0v) is 11.9. The fourth-order valence-electron chi connectivity index (χ4n) is 1.83. The molecule has 0 aliphatic rings. The summed E-state index contributed by atoms with van der Waals surface area (Å²) in [5.74, 6) is -1.39. The molecule has 0 aliphatic heterocycles. The minimum atomic E-state index is -3.32. The van der Waals surface area contributed by atoms with Crippen molar-refractivity contribution < 1.29 is 18.3 Å². The Morgan fingerprint density at radius 2 is 2.00 bits per heavy atom. The van der Waals surface area contributed by atoms with Crippen LogP contribution in [0.5, 0.6) is 0 Å². The Kier molecular flexibility index (Phi) is 5.35. The van der Waals surface area contributed by atoms with Gasteiger partial charge in [-0.2, -0.15) is 0 Å². The van der Waals surface area contributed by atoms with Crippen molar-refractivity contribution in [3.8, 4) is 0 Å². The number of anilines is 1. The van der Waals surface area contributed by atoms with E-state index in [4.69, 9.17) is 5.11 Å². The van der Waals surface area contributed by atoms with Crippen molar-refractivity contribution in [2.45, 2.75) is 24.7 Å². The van der Waals surface area contributed by atoms with Gasteiger partial charge in [-0.1, -0.05) is 25.5 Å². The summed E-state index contributed by atoms with van der Waals surface area (Å²) in [4.78, 5) is 11.2. The summed E-state index contributed by atoms with van der Waals surface area (Å²) in [6.45, 7) is 2.14. The number of sulfone groups is 1. The van der Waals surface area contributed by atoms with E-state index < -0.39 is 21.7 Å². The van der Waals surface area contributed by atoms with E-state index in [1.807, 2.05) is 6.92 Å². The predicted molar refractivity (Wildman–Crippen MR) is 74.1 cm³/mol. The van der Waals surface area contributed by atoms with Crippen LogP contribution in [0.2, 0.25) is 0 Å². The van der Waals surface area contributed by atoms with Gasteiger partial charge in [0.05, 0.1) is 16.5 Å². The molecule has 1 atom stereocenters. The summed E-state index contributed by atoms with van der Waals surface area (Å²) in [5, 5.41) is 12.0. The molecule has 1 rings (SSSR count). The summed E-state index contributed by atoms with van der Waals surface area (Å²) in [5.41, 5.74) is 0.451. The Morgan fingerprint density at radius 3 is 2.53 bits per heavy atom. The molecule has 2 N–H and O–H groups in total. The molecule has 0 aliphatic carbocycles. The molecule has 0 aromatic heterocycles. The minimum absolute atomic E-state index is 0.190. The van der Waals surface area contributed by atoms with E-state index in [1.165, 1.54) is 6.07 Å². The summed E-state index contributed by atoms with van der Waals surface area (Å²) in [7, 11) is -3.32. The minimum Gasteiger partial charge on any atom is -0.481 e. The van der Waals surface area contributed by atoms with Crippen LogP contribution in [0.25, 0.3) is 0 Å². The van der Waals surface area contributed by atoms with Crippen LogP contribution in [0, 0.1) is 5.92 Å². The number of aliphatic carboxylic acids is 1. The number of benzene rings is 1. The van der Waals surface area contributed by atoms with Crippen molar-refractivity contribution in [1.29, 1.82) is 0 Å². The number of nitrogens with one attached hydrogen (secondary N) is 1. The van der Waals surface area contributed by atoms with Gasteiger partial charge in [-0.15, -0.1) is 0 Å². The first-order valence-electron chi connectivity index (χ1n) is 6.12. The number of para-hydroxylation sites is 1. The molecular weight excluding hydrogens is 266 g/mol. The van der Waals surface area contributed by atoms with E-state index in [-0.39, 0.29) is 11.4 Å². The zero-order chi connectivity index (χ0) is 14.5. The molecule has 5 nitrogen and oxygen atoms in total. The van der Waals surface area contributed by atoms with E-state index in [1.54, 1.807) is 18.2 Å². The number of carboxylic acids is 1. The number of hydrogen-bond donors (Lipinski definition) is 2. The first-order valence-corrected chi connectivity index (χ1v) is 8.01. The van der Waals surface area contributed by atoms with Crippen molar-refractivity contribution in [3.05, 3.63) is 24.3 Å². The molecule has 1 unspecified atom stereocenters. The third kappa shape index (κ3) is 4.55. The normalized spacial score (nSPS) is 12.9. The highest BCUT2D eigenvalue weighted by atomic mass is 32.2. The number of carboxylic acid groups (broad SMARTS) is 1. The van der Waals surface area contributed by atoms with Gasteiger partial charge in [0.25, 0.3) is 0 Å². The Hall–Kier alpha value is -1.56. The number of rotatable bonds is 7. The molecule has 6 heteroatoms. The summed E-state index contributed by atoms with van der Waals surface area (Å²) in [6, 6.07) is 6.50. The van der Waals surface area contributed by atoms with Gasteiger partial charge in [0.15, 0.2) is 9.84 Å². The molecule has 0 fully saturated rings.